The molecule has 4 nitrogen and oxygen atoms in total. The fraction of sp³-hybridized carbons (Fsp3) is 0.538. The monoisotopic (exact) mass is 364 g/mol. The average molecular weight is 365 g/mol. The van der Waals surface area contributed by atoms with Gasteiger partial charge in [0.1, 0.15) is 10.4 Å². The van der Waals surface area contributed by atoms with Gasteiger partial charge in [-0.3, -0.25) is 9.59 Å². The van der Waals surface area contributed by atoms with Crippen LogP contribution in [0.1, 0.15) is 23.2 Å². The maximum atomic E-state index is 12.5. The number of halogens is 2. The van der Waals surface area contributed by atoms with Crippen molar-refractivity contribution in [3.63, 3.8) is 0 Å². The molecule has 1 aliphatic heterocycles. The molecule has 1 saturated heterocycles. The summed E-state index contributed by atoms with van der Waals surface area (Å²) < 4.78 is 0.851. The van der Waals surface area contributed by atoms with Gasteiger partial charge in [-0.05, 0) is 24.8 Å². The van der Waals surface area contributed by atoms with Gasteiger partial charge in [0.25, 0.3) is 5.91 Å². The van der Waals surface area contributed by atoms with Gasteiger partial charge in [-0.1, -0.05) is 23.2 Å². The van der Waals surface area contributed by atoms with E-state index in [1.54, 1.807) is 22.7 Å². The number of amides is 2. The number of thiophene rings is 1. The first kappa shape index (κ1) is 15.5. The van der Waals surface area contributed by atoms with Gasteiger partial charge in [0.05, 0.1) is 15.8 Å². The Labute approximate surface area is 141 Å². The zero-order valence-corrected chi connectivity index (χ0v) is 14.2. The Morgan fingerprint density at radius 2 is 2.14 bits per heavy atom. The molecule has 1 atom stereocenters. The number of hydrogen-bond donors (Lipinski definition) is 1. The Balaban J connectivity index is 1.69. The van der Waals surface area contributed by atoms with Gasteiger partial charge in [-0.2, -0.15) is 0 Å². The van der Waals surface area contributed by atoms with Crippen LogP contribution >= 0.6 is 46.3 Å². The minimum absolute atomic E-state index is 0.0716. The Bertz CT molecular complexity index is 575. The molecule has 0 radical (unpaired) electrons. The van der Waals surface area contributed by atoms with Gasteiger partial charge in [0.2, 0.25) is 5.91 Å². The molecule has 1 N–H and O–H groups in total. The molecule has 1 aromatic rings. The standard InChI is InChI=1S/C13H14Cl2N2O2S2/c14-10-3-8(11(15)21-10)13(19)17-6-20-5-9(17)12(18)16-4-7-1-2-7/h3,7,9H,1-2,4-6H2,(H,16,18)/t9-/m1/s1. The van der Waals surface area contributed by atoms with Crippen LogP contribution in [0.3, 0.4) is 0 Å². The van der Waals surface area contributed by atoms with E-state index in [1.807, 2.05) is 0 Å². The maximum absolute atomic E-state index is 12.5. The number of carbonyl (C=O) groups excluding carboxylic acids is 2. The number of thioether (sulfide) groups is 1. The van der Waals surface area contributed by atoms with E-state index in [9.17, 15) is 9.59 Å². The summed E-state index contributed by atoms with van der Waals surface area (Å²) in [7, 11) is 0. The van der Waals surface area contributed by atoms with Crippen molar-refractivity contribution in [3.05, 3.63) is 20.3 Å². The number of carbonyl (C=O) groups is 2. The summed E-state index contributed by atoms with van der Waals surface area (Å²) in [6.07, 6.45) is 2.37. The second kappa shape index (κ2) is 6.36. The van der Waals surface area contributed by atoms with Crippen molar-refractivity contribution >= 4 is 58.1 Å². The van der Waals surface area contributed by atoms with Gasteiger partial charge in [0.15, 0.2) is 0 Å². The molecule has 2 amide bonds. The van der Waals surface area contributed by atoms with Crippen molar-refractivity contribution in [2.24, 2.45) is 5.92 Å². The lowest BCUT2D eigenvalue weighted by molar-refractivity contribution is -0.124. The Morgan fingerprint density at radius 1 is 1.38 bits per heavy atom. The summed E-state index contributed by atoms with van der Waals surface area (Å²) in [5.74, 6) is 1.46. The normalized spacial score (nSPS) is 21.6. The molecule has 3 rings (SSSR count). The summed E-state index contributed by atoms with van der Waals surface area (Å²) in [6.45, 7) is 0.715. The molecule has 0 bridgehead atoms. The van der Waals surface area contributed by atoms with Gasteiger partial charge < -0.3 is 10.2 Å². The van der Waals surface area contributed by atoms with E-state index >= 15 is 0 Å². The predicted molar refractivity (Wildman–Crippen MR) is 87.4 cm³/mol. The number of rotatable bonds is 4. The van der Waals surface area contributed by atoms with Crippen LogP contribution < -0.4 is 5.32 Å². The lowest BCUT2D eigenvalue weighted by Crippen LogP contribution is -2.47. The van der Waals surface area contributed by atoms with Gasteiger partial charge in [-0.15, -0.1) is 23.1 Å². The van der Waals surface area contributed by atoms with E-state index in [1.165, 1.54) is 12.8 Å². The second-order valence-electron chi connectivity index (χ2n) is 5.22. The van der Waals surface area contributed by atoms with E-state index in [0.717, 1.165) is 11.3 Å². The zero-order valence-electron chi connectivity index (χ0n) is 11.1. The van der Waals surface area contributed by atoms with E-state index in [2.05, 4.69) is 5.32 Å². The topological polar surface area (TPSA) is 49.4 Å². The van der Waals surface area contributed by atoms with E-state index < -0.39 is 6.04 Å². The third kappa shape index (κ3) is 3.50. The van der Waals surface area contributed by atoms with Crippen LogP contribution in [-0.4, -0.2) is 40.9 Å². The molecule has 1 aromatic heterocycles. The predicted octanol–water partition coefficient (Wildman–Crippen LogP) is 3.10. The minimum Gasteiger partial charge on any atom is -0.354 e. The summed E-state index contributed by atoms with van der Waals surface area (Å²) in [4.78, 5) is 26.4. The highest BCUT2D eigenvalue weighted by Crippen LogP contribution is 2.34. The SMILES string of the molecule is O=C(NCC1CC1)[C@H]1CSCN1C(=O)c1cc(Cl)sc1Cl. The van der Waals surface area contributed by atoms with E-state index in [0.29, 0.717) is 38.3 Å². The van der Waals surface area contributed by atoms with Crippen LogP contribution in [0.15, 0.2) is 6.07 Å². The van der Waals surface area contributed by atoms with Crippen LogP contribution in [0.5, 0.6) is 0 Å². The number of nitrogens with one attached hydrogen (secondary N) is 1. The summed E-state index contributed by atoms with van der Waals surface area (Å²) in [6, 6.07) is 1.15. The van der Waals surface area contributed by atoms with Crippen molar-refractivity contribution < 1.29 is 9.59 Å². The van der Waals surface area contributed by atoms with Crippen LogP contribution in [0.2, 0.25) is 8.67 Å². The Morgan fingerprint density at radius 3 is 2.76 bits per heavy atom. The quantitative estimate of drug-likeness (QED) is 0.892. The molecule has 2 aliphatic rings. The fourth-order valence-electron chi connectivity index (χ4n) is 2.19. The Hall–Kier alpha value is -0.430. The molecule has 2 heterocycles. The molecule has 0 spiro atoms. The molecule has 114 valence electrons. The lowest BCUT2D eigenvalue weighted by atomic mass is 10.2. The molecule has 8 heteroatoms. The van der Waals surface area contributed by atoms with Crippen molar-refractivity contribution in [1.82, 2.24) is 10.2 Å². The van der Waals surface area contributed by atoms with Crippen molar-refractivity contribution in [2.75, 3.05) is 18.2 Å². The smallest absolute Gasteiger partial charge is 0.257 e. The molecule has 21 heavy (non-hydrogen) atoms. The van der Waals surface area contributed by atoms with Crippen LogP contribution in [0.25, 0.3) is 0 Å². The third-order valence-corrected chi connectivity index (χ3v) is 6.09. The van der Waals surface area contributed by atoms with Crippen LogP contribution in [0.4, 0.5) is 0 Å². The van der Waals surface area contributed by atoms with Gasteiger partial charge >= 0.3 is 0 Å². The first-order valence-electron chi connectivity index (χ1n) is 6.67. The second-order valence-corrected chi connectivity index (χ2v) is 8.50. The molecule has 1 saturated carbocycles. The first-order chi connectivity index (χ1) is 10.1. The molecule has 0 unspecified atom stereocenters. The Kier molecular flexibility index (Phi) is 4.69. The van der Waals surface area contributed by atoms with Crippen molar-refractivity contribution in [2.45, 2.75) is 18.9 Å². The number of nitrogens with zero attached hydrogens (tertiary/aromatic N) is 1. The highest BCUT2D eigenvalue weighted by Gasteiger charge is 2.36. The van der Waals surface area contributed by atoms with E-state index in [4.69, 9.17) is 23.2 Å². The summed E-state index contributed by atoms with van der Waals surface area (Å²) >= 11 is 14.7. The molecular weight excluding hydrogens is 351 g/mol. The van der Waals surface area contributed by atoms with Gasteiger partial charge in [-0.25, -0.2) is 0 Å². The fourth-order valence-corrected chi connectivity index (χ4v) is 4.79. The van der Waals surface area contributed by atoms with Gasteiger partial charge in [0, 0.05) is 12.3 Å². The largest absolute Gasteiger partial charge is 0.354 e. The highest BCUT2D eigenvalue weighted by molar-refractivity contribution is 7.99. The van der Waals surface area contributed by atoms with Crippen molar-refractivity contribution in [1.29, 1.82) is 0 Å². The molecule has 0 aromatic carbocycles. The lowest BCUT2D eigenvalue weighted by Gasteiger charge is -2.22. The third-order valence-electron chi connectivity index (χ3n) is 3.59. The zero-order chi connectivity index (χ0) is 15.0. The average Bonchev–Trinajstić information content (AvgIpc) is 3.03. The van der Waals surface area contributed by atoms with Crippen LogP contribution in [0, 0.1) is 5.92 Å². The molecular formula is C13H14Cl2N2O2S2. The first-order valence-corrected chi connectivity index (χ1v) is 9.40. The maximum Gasteiger partial charge on any atom is 0.257 e. The summed E-state index contributed by atoms with van der Waals surface area (Å²) in [5, 5.41) is 2.94. The van der Waals surface area contributed by atoms with Crippen LogP contribution in [-0.2, 0) is 4.79 Å². The van der Waals surface area contributed by atoms with E-state index in [-0.39, 0.29) is 11.8 Å². The molecule has 2 fully saturated rings. The number of hydrogen-bond acceptors (Lipinski definition) is 4. The highest BCUT2D eigenvalue weighted by atomic mass is 35.5. The molecule has 1 aliphatic carbocycles. The summed E-state index contributed by atoms with van der Waals surface area (Å²) in [5.41, 5.74) is 0.383. The minimum atomic E-state index is -0.420. The van der Waals surface area contributed by atoms with Crippen molar-refractivity contribution in [3.8, 4) is 0 Å².